The monoisotopic (exact) mass is 516 g/mol. The number of carbonyl (C=O) groups is 2. The zero-order valence-corrected chi connectivity index (χ0v) is 24.2. The largest absolute Gasteiger partial charge is 0.464 e. The van der Waals surface area contributed by atoms with Crippen LogP contribution in [0.5, 0.6) is 0 Å². The Morgan fingerprint density at radius 3 is 0.917 bits per heavy atom. The quantitative estimate of drug-likeness (QED) is 0.101. The molecule has 0 spiro atoms. The highest BCUT2D eigenvalue weighted by atomic mass is 16.5. The van der Waals surface area contributed by atoms with Crippen LogP contribution in [0, 0.1) is 0 Å². The Bertz CT molecular complexity index is 422. The van der Waals surface area contributed by atoms with Crippen molar-refractivity contribution in [1.82, 2.24) is 0 Å². The Labute approximate surface area is 222 Å². The molecule has 0 bridgehead atoms. The first-order valence-electron chi connectivity index (χ1n) is 15.1. The molecule has 2 unspecified atom stereocenters. The molecule has 6 nitrogen and oxygen atoms in total. The molecule has 216 valence electrons. The van der Waals surface area contributed by atoms with Crippen LogP contribution >= 0.6 is 0 Å². The van der Waals surface area contributed by atoms with Gasteiger partial charge >= 0.3 is 11.9 Å². The first-order valence-corrected chi connectivity index (χ1v) is 15.1. The van der Waals surface area contributed by atoms with E-state index in [1.807, 2.05) is 0 Å². The van der Waals surface area contributed by atoms with Crippen molar-refractivity contribution in [1.29, 1.82) is 0 Å². The summed E-state index contributed by atoms with van der Waals surface area (Å²) in [5.74, 6) is -1.02. The van der Waals surface area contributed by atoms with Gasteiger partial charge in [0.25, 0.3) is 0 Å². The van der Waals surface area contributed by atoms with Crippen LogP contribution in [-0.4, -0.2) is 47.6 Å². The van der Waals surface area contributed by atoms with Crippen LogP contribution < -0.4 is 0 Å². The van der Waals surface area contributed by atoms with Crippen LogP contribution in [-0.2, 0) is 19.1 Å². The van der Waals surface area contributed by atoms with Crippen LogP contribution in [0.2, 0.25) is 0 Å². The van der Waals surface area contributed by atoms with Gasteiger partial charge in [-0.2, -0.15) is 0 Å². The van der Waals surface area contributed by atoms with Crippen LogP contribution in [0.25, 0.3) is 0 Å². The summed E-state index contributed by atoms with van der Waals surface area (Å²) < 4.78 is 9.77. The number of ether oxygens (including phenoxy) is 2. The minimum Gasteiger partial charge on any atom is -0.464 e. The van der Waals surface area contributed by atoms with E-state index >= 15 is 0 Å². The molecule has 0 aromatic carbocycles. The van der Waals surface area contributed by atoms with Crippen molar-refractivity contribution in [3.05, 3.63) is 0 Å². The average Bonchev–Trinajstić information content (AvgIpc) is 2.85. The molecule has 0 rings (SSSR count). The second kappa shape index (κ2) is 30.1. The third kappa shape index (κ3) is 30.9. The van der Waals surface area contributed by atoms with Gasteiger partial charge in [-0.25, -0.2) is 9.59 Å². The van der Waals surface area contributed by atoms with E-state index in [0.29, 0.717) is 13.2 Å². The number of unbranched alkanes of at least 4 members (excludes halogenated alkanes) is 18. The molecule has 0 saturated carbocycles. The molecular formula is C30H60O6. The molecule has 0 radical (unpaired) electrons. The van der Waals surface area contributed by atoms with Gasteiger partial charge in [-0.1, -0.05) is 129 Å². The molecule has 0 aliphatic heterocycles. The number of rotatable bonds is 24. The molecule has 0 aliphatic rings. The molecule has 2 atom stereocenters. The third-order valence-electron chi connectivity index (χ3n) is 6.17. The summed E-state index contributed by atoms with van der Waals surface area (Å²) >= 11 is 0. The highest BCUT2D eigenvalue weighted by Crippen LogP contribution is 2.11. The molecule has 0 amide bonds. The number of aliphatic hydroxyl groups is 2. The highest BCUT2D eigenvalue weighted by molar-refractivity contribution is 5.74. The predicted molar refractivity (Wildman–Crippen MR) is 149 cm³/mol. The Hall–Kier alpha value is -1.14. The molecule has 0 saturated heterocycles. The van der Waals surface area contributed by atoms with Gasteiger partial charge in [-0.15, -0.1) is 0 Å². The van der Waals surface area contributed by atoms with E-state index < -0.39 is 24.1 Å². The fourth-order valence-corrected chi connectivity index (χ4v) is 3.77. The lowest BCUT2D eigenvalue weighted by atomic mass is 10.1. The number of carbonyl (C=O) groups excluding carboxylic acids is 2. The second-order valence-electron chi connectivity index (χ2n) is 10.1. The number of hydrogen-bond acceptors (Lipinski definition) is 6. The van der Waals surface area contributed by atoms with Crippen molar-refractivity contribution < 1.29 is 29.3 Å². The zero-order valence-electron chi connectivity index (χ0n) is 24.2. The van der Waals surface area contributed by atoms with E-state index in [1.54, 1.807) is 0 Å². The van der Waals surface area contributed by atoms with E-state index in [2.05, 4.69) is 13.8 Å². The van der Waals surface area contributed by atoms with E-state index in [4.69, 9.17) is 19.7 Å². The first-order chi connectivity index (χ1) is 17.4. The smallest absolute Gasteiger partial charge is 0.334 e. The van der Waals surface area contributed by atoms with Crippen molar-refractivity contribution in [3.63, 3.8) is 0 Å². The van der Waals surface area contributed by atoms with E-state index in [1.165, 1.54) is 117 Å². The van der Waals surface area contributed by atoms with Gasteiger partial charge in [0.2, 0.25) is 0 Å². The predicted octanol–water partition coefficient (Wildman–Crippen LogP) is 7.66. The van der Waals surface area contributed by atoms with Gasteiger partial charge in [0.1, 0.15) is 12.2 Å². The lowest BCUT2D eigenvalue weighted by molar-refractivity contribution is -0.153. The molecule has 6 heteroatoms. The molecule has 2 N–H and O–H groups in total. The molecular weight excluding hydrogens is 456 g/mol. The summed E-state index contributed by atoms with van der Waals surface area (Å²) in [6, 6.07) is 0. The molecule has 36 heavy (non-hydrogen) atoms. The highest BCUT2D eigenvalue weighted by Gasteiger charge is 2.09. The van der Waals surface area contributed by atoms with Gasteiger partial charge in [-0.05, 0) is 26.7 Å². The summed E-state index contributed by atoms with van der Waals surface area (Å²) in [5.41, 5.74) is 0. The van der Waals surface area contributed by atoms with Crippen LogP contribution in [0.15, 0.2) is 0 Å². The molecule has 0 aromatic rings. The molecule has 0 aliphatic carbocycles. The second-order valence-corrected chi connectivity index (χ2v) is 10.1. The lowest BCUT2D eigenvalue weighted by Crippen LogP contribution is -2.19. The number of esters is 2. The Morgan fingerprint density at radius 1 is 0.472 bits per heavy atom. The Morgan fingerprint density at radius 2 is 0.694 bits per heavy atom. The molecule has 0 heterocycles. The van der Waals surface area contributed by atoms with E-state index in [-0.39, 0.29) is 0 Å². The van der Waals surface area contributed by atoms with Gasteiger partial charge in [0.05, 0.1) is 13.2 Å². The Balaban J connectivity index is 0. The van der Waals surface area contributed by atoms with Crippen LogP contribution in [0.3, 0.4) is 0 Å². The van der Waals surface area contributed by atoms with Crippen molar-refractivity contribution >= 4 is 11.9 Å². The maximum atomic E-state index is 10.9. The minimum atomic E-state index is -0.992. The fourth-order valence-electron chi connectivity index (χ4n) is 3.77. The number of aliphatic hydroxyl groups excluding tert-OH is 2. The number of hydrogen-bond donors (Lipinski definition) is 2. The summed E-state index contributed by atoms with van der Waals surface area (Å²) in [7, 11) is 0. The van der Waals surface area contributed by atoms with Crippen molar-refractivity contribution in [3.8, 4) is 0 Å². The summed E-state index contributed by atoms with van der Waals surface area (Å²) in [5, 5.41) is 17.8. The zero-order chi connectivity index (χ0) is 27.3. The van der Waals surface area contributed by atoms with Crippen molar-refractivity contribution in [2.75, 3.05) is 13.2 Å². The van der Waals surface area contributed by atoms with Crippen molar-refractivity contribution in [2.45, 2.75) is 168 Å². The first kappa shape index (κ1) is 37.0. The summed E-state index contributed by atoms with van der Waals surface area (Å²) in [4.78, 5) is 21.9. The normalized spacial score (nSPS) is 12.4. The van der Waals surface area contributed by atoms with E-state index in [0.717, 1.165) is 25.7 Å². The van der Waals surface area contributed by atoms with Crippen molar-refractivity contribution in [2.24, 2.45) is 0 Å². The maximum absolute atomic E-state index is 10.9. The lowest BCUT2D eigenvalue weighted by Gasteiger charge is -2.06. The third-order valence-corrected chi connectivity index (χ3v) is 6.17. The summed E-state index contributed by atoms with van der Waals surface area (Å²) in [6.45, 7) is 8.23. The standard InChI is InChI=1S/2C15H30O3/c2*1-3-4-5-6-7-8-9-10-11-12-13-18-15(17)14(2)16/h2*14,16H,3-13H2,1-2H3. The minimum absolute atomic E-state index is 0.445. The SMILES string of the molecule is CCCCCCCCCCCCOC(=O)C(C)O.CCCCCCCCCCCCOC(=O)C(C)O. The summed E-state index contributed by atoms with van der Waals surface area (Å²) in [6.07, 6.45) is 23.3. The Kier molecular flexibility index (Phi) is 30.9. The van der Waals surface area contributed by atoms with Crippen LogP contribution in [0.1, 0.15) is 156 Å². The van der Waals surface area contributed by atoms with Gasteiger partial charge in [-0.3, -0.25) is 0 Å². The van der Waals surface area contributed by atoms with E-state index in [9.17, 15) is 9.59 Å². The van der Waals surface area contributed by atoms with Crippen LogP contribution in [0.4, 0.5) is 0 Å². The van der Waals surface area contributed by atoms with Gasteiger partial charge < -0.3 is 19.7 Å². The topological polar surface area (TPSA) is 93.1 Å². The van der Waals surface area contributed by atoms with Gasteiger partial charge in [0, 0.05) is 0 Å². The fraction of sp³-hybridized carbons (Fsp3) is 0.933. The van der Waals surface area contributed by atoms with Gasteiger partial charge in [0.15, 0.2) is 0 Å². The molecule has 0 fully saturated rings. The maximum Gasteiger partial charge on any atom is 0.334 e. The average molecular weight is 517 g/mol. The molecule has 0 aromatic heterocycles.